The van der Waals surface area contributed by atoms with E-state index in [9.17, 15) is 9.59 Å². The molecule has 5 heteroatoms. The number of nitrogens with zero attached hydrogens (tertiary/aromatic N) is 2. The van der Waals surface area contributed by atoms with Gasteiger partial charge in [0.05, 0.1) is 6.54 Å². The minimum Gasteiger partial charge on any atom is -0.329 e. The lowest BCUT2D eigenvalue weighted by Crippen LogP contribution is -2.49. The van der Waals surface area contributed by atoms with Gasteiger partial charge in [0.2, 0.25) is 11.8 Å². The van der Waals surface area contributed by atoms with Crippen molar-refractivity contribution in [1.29, 1.82) is 0 Å². The predicted octanol–water partition coefficient (Wildman–Crippen LogP) is -0.0514. The average molecular weight is 239 g/mol. The summed E-state index contributed by atoms with van der Waals surface area (Å²) in [4.78, 5) is 27.0. The first kappa shape index (κ1) is 12.5. The lowest BCUT2D eigenvalue weighted by Gasteiger charge is -2.35. The summed E-state index contributed by atoms with van der Waals surface area (Å²) in [5.74, 6) is -0.0656. The first-order valence-electron chi connectivity index (χ1n) is 6.49. The number of nitrogens with two attached hydrogens (primary N) is 1. The fourth-order valence-electron chi connectivity index (χ4n) is 2.71. The number of hydrogen-bond donors (Lipinski definition) is 1. The number of piperidine rings is 1. The number of carbonyl (C=O) groups is 2. The van der Waals surface area contributed by atoms with E-state index < -0.39 is 0 Å². The summed E-state index contributed by atoms with van der Waals surface area (Å²) in [5, 5.41) is 0. The zero-order valence-corrected chi connectivity index (χ0v) is 10.2. The van der Waals surface area contributed by atoms with Crippen LogP contribution < -0.4 is 5.73 Å². The minimum absolute atomic E-state index is 0.0173. The summed E-state index contributed by atoms with van der Waals surface area (Å²) in [7, 11) is 0. The van der Waals surface area contributed by atoms with Crippen molar-refractivity contribution in [2.75, 3.05) is 26.2 Å². The van der Waals surface area contributed by atoms with Crippen LogP contribution in [-0.4, -0.2) is 53.8 Å². The van der Waals surface area contributed by atoms with Gasteiger partial charge in [-0.25, -0.2) is 0 Å². The summed E-state index contributed by atoms with van der Waals surface area (Å²) >= 11 is 0. The van der Waals surface area contributed by atoms with Crippen LogP contribution in [0.2, 0.25) is 0 Å². The van der Waals surface area contributed by atoms with Crippen molar-refractivity contribution in [3.8, 4) is 0 Å². The highest BCUT2D eigenvalue weighted by molar-refractivity contribution is 5.97. The summed E-state index contributed by atoms with van der Waals surface area (Å²) in [6.45, 7) is 2.48. The zero-order valence-electron chi connectivity index (χ0n) is 10.2. The third-order valence-electron chi connectivity index (χ3n) is 3.73. The molecule has 0 radical (unpaired) electrons. The van der Waals surface area contributed by atoms with Crippen LogP contribution in [0.4, 0.5) is 0 Å². The molecule has 96 valence electrons. The van der Waals surface area contributed by atoms with Crippen LogP contribution in [-0.2, 0) is 9.59 Å². The van der Waals surface area contributed by atoms with Crippen molar-refractivity contribution < 1.29 is 9.59 Å². The van der Waals surface area contributed by atoms with Crippen LogP contribution in [0.1, 0.15) is 32.1 Å². The fourth-order valence-corrected chi connectivity index (χ4v) is 2.71. The maximum absolute atomic E-state index is 12.0. The third kappa shape index (κ3) is 2.84. The Balaban J connectivity index is 1.90. The molecular formula is C12H21N3O2. The molecule has 2 N–H and O–H groups in total. The zero-order chi connectivity index (χ0) is 12.3. The van der Waals surface area contributed by atoms with Gasteiger partial charge in [0, 0.05) is 25.6 Å². The van der Waals surface area contributed by atoms with Crippen molar-refractivity contribution in [1.82, 2.24) is 9.80 Å². The monoisotopic (exact) mass is 239 g/mol. The van der Waals surface area contributed by atoms with Gasteiger partial charge in [-0.05, 0) is 25.8 Å². The molecule has 0 saturated carbocycles. The maximum atomic E-state index is 12.0. The first-order chi connectivity index (χ1) is 8.22. The normalized spacial score (nSPS) is 26.5. The summed E-state index contributed by atoms with van der Waals surface area (Å²) < 4.78 is 0. The second kappa shape index (κ2) is 5.60. The molecular weight excluding hydrogens is 218 g/mol. The molecule has 2 rings (SSSR count). The Morgan fingerprint density at radius 2 is 2.12 bits per heavy atom. The van der Waals surface area contributed by atoms with Gasteiger partial charge in [0.25, 0.3) is 0 Å². The molecule has 1 unspecified atom stereocenters. The molecule has 0 aromatic carbocycles. The molecule has 2 aliphatic heterocycles. The number of imide groups is 1. The highest BCUT2D eigenvalue weighted by atomic mass is 16.2. The van der Waals surface area contributed by atoms with E-state index in [0.717, 1.165) is 25.8 Å². The molecule has 2 aliphatic rings. The standard InChI is InChI=1S/C12H21N3O2/c13-8-10-4-1-2-6-14(10)9-12(17)15-7-3-5-11(15)16/h10H,1-9,13H2. The van der Waals surface area contributed by atoms with Gasteiger partial charge in [-0.15, -0.1) is 0 Å². The number of hydrogen-bond acceptors (Lipinski definition) is 4. The quantitative estimate of drug-likeness (QED) is 0.750. The van der Waals surface area contributed by atoms with Gasteiger partial charge >= 0.3 is 0 Å². The summed E-state index contributed by atoms with van der Waals surface area (Å²) in [5.41, 5.74) is 5.72. The van der Waals surface area contributed by atoms with E-state index in [1.54, 1.807) is 0 Å². The molecule has 2 heterocycles. The van der Waals surface area contributed by atoms with Gasteiger partial charge in [0.1, 0.15) is 0 Å². The maximum Gasteiger partial charge on any atom is 0.243 e. The van der Waals surface area contributed by atoms with Crippen LogP contribution >= 0.6 is 0 Å². The Labute approximate surface area is 102 Å². The number of rotatable bonds is 3. The van der Waals surface area contributed by atoms with E-state index in [4.69, 9.17) is 5.73 Å². The fraction of sp³-hybridized carbons (Fsp3) is 0.833. The van der Waals surface area contributed by atoms with Crippen molar-refractivity contribution in [3.63, 3.8) is 0 Å². The van der Waals surface area contributed by atoms with Crippen molar-refractivity contribution >= 4 is 11.8 Å². The van der Waals surface area contributed by atoms with Gasteiger partial charge in [-0.1, -0.05) is 6.42 Å². The average Bonchev–Trinajstić information content (AvgIpc) is 2.76. The van der Waals surface area contributed by atoms with E-state index in [1.165, 1.54) is 11.3 Å². The number of carbonyl (C=O) groups excluding carboxylic acids is 2. The van der Waals surface area contributed by atoms with Crippen LogP contribution in [0.3, 0.4) is 0 Å². The highest BCUT2D eigenvalue weighted by Gasteiger charge is 2.30. The lowest BCUT2D eigenvalue weighted by atomic mass is 10.0. The molecule has 0 aliphatic carbocycles. The molecule has 2 fully saturated rings. The molecule has 2 saturated heterocycles. The molecule has 2 amide bonds. The van der Waals surface area contributed by atoms with Crippen LogP contribution in [0.15, 0.2) is 0 Å². The molecule has 0 bridgehead atoms. The van der Waals surface area contributed by atoms with Crippen molar-refractivity contribution in [2.24, 2.45) is 5.73 Å². The minimum atomic E-state index is -0.0483. The molecule has 1 atom stereocenters. The Morgan fingerprint density at radius 1 is 1.29 bits per heavy atom. The predicted molar refractivity (Wildman–Crippen MR) is 64.2 cm³/mol. The van der Waals surface area contributed by atoms with E-state index >= 15 is 0 Å². The molecule has 17 heavy (non-hydrogen) atoms. The first-order valence-corrected chi connectivity index (χ1v) is 6.49. The Kier molecular flexibility index (Phi) is 4.12. The van der Waals surface area contributed by atoms with Gasteiger partial charge in [-0.3, -0.25) is 19.4 Å². The summed E-state index contributed by atoms with van der Waals surface area (Å²) in [6.07, 6.45) is 4.71. The highest BCUT2D eigenvalue weighted by Crippen LogP contribution is 2.17. The van der Waals surface area contributed by atoms with Gasteiger partial charge < -0.3 is 5.73 Å². The molecule has 0 spiro atoms. The third-order valence-corrected chi connectivity index (χ3v) is 3.73. The smallest absolute Gasteiger partial charge is 0.243 e. The Morgan fingerprint density at radius 3 is 2.76 bits per heavy atom. The number of amides is 2. The topological polar surface area (TPSA) is 66.6 Å². The SMILES string of the molecule is NCC1CCCCN1CC(=O)N1CCCC1=O. The summed E-state index contributed by atoms with van der Waals surface area (Å²) in [6, 6.07) is 0.311. The molecule has 0 aromatic heterocycles. The second-order valence-corrected chi connectivity index (χ2v) is 4.90. The van der Waals surface area contributed by atoms with Gasteiger partial charge in [-0.2, -0.15) is 0 Å². The molecule has 5 nitrogen and oxygen atoms in total. The van der Waals surface area contributed by atoms with E-state index in [-0.39, 0.29) is 11.8 Å². The van der Waals surface area contributed by atoms with E-state index in [1.807, 2.05) is 0 Å². The lowest BCUT2D eigenvalue weighted by molar-refractivity contribution is -0.143. The van der Waals surface area contributed by atoms with Gasteiger partial charge in [0.15, 0.2) is 0 Å². The number of likely N-dealkylation sites (tertiary alicyclic amines) is 2. The van der Waals surface area contributed by atoms with Crippen LogP contribution in [0, 0.1) is 0 Å². The Bertz CT molecular complexity index is 306. The molecule has 0 aromatic rings. The Hall–Kier alpha value is -0.940. The second-order valence-electron chi connectivity index (χ2n) is 4.90. The van der Waals surface area contributed by atoms with Crippen molar-refractivity contribution in [3.05, 3.63) is 0 Å². The van der Waals surface area contributed by atoms with E-state index in [2.05, 4.69) is 4.90 Å². The van der Waals surface area contributed by atoms with Crippen LogP contribution in [0.5, 0.6) is 0 Å². The van der Waals surface area contributed by atoms with Crippen molar-refractivity contribution in [2.45, 2.75) is 38.1 Å². The van der Waals surface area contributed by atoms with E-state index in [0.29, 0.717) is 32.1 Å². The largest absolute Gasteiger partial charge is 0.329 e. The van der Waals surface area contributed by atoms with Crippen LogP contribution in [0.25, 0.3) is 0 Å².